The van der Waals surface area contributed by atoms with Gasteiger partial charge < -0.3 is 5.11 Å². The highest BCUT2D eigenvalue weighted by atomic mass is 16.4. The second-order valence-electron chi connectivity index (χ2n) is 5.41. The predicted molar refractivity (Wildman–Crippen MR) is 87.0 cm³/mol. The summed E-state index contributed by atoms with van der Waals surface area (Å²) >= 11 is 0. The van der Waals surface area contributed by atoms with Gasteiger partial charge in [-0.2, -0.15) is 0 Å². The largest absolute Gasteiger partial charge is 0.481 e. The molecule has 0 radical (unpaired) electrons. The van der Waals surface area contributed by atoms with Gasteiger partial charge in [0, 0.05) is 6.42 Å². The van der Waals surface area contributed by atoms with E-state index in [-0.39, 0.29) is 0 Å². The first-order valence-corrected chi connectivity index (χ1v) is 8.30. The van der Waals surface area contributed by atoms with Crippen molar-refractivity contribution < 1.29 is 9.90 Å². The number of carboxylic acid groups (broad SMARTS) is 1. The van der Waals surface area contributed by atoms with Crippen molar-refractivity contribution in [2.45, 2.75) is 84.0 Å². The zero-order valence-electron chi connectivity index (χ0n) is 13.2. The molecule has 0 aliphatic heterocycles. The molecular formula is C18H32O2. The first kappa shape index (κ1) is 18.9. The second-order valence-corrected chi connectivity index (χ2v) is 5.41. The first-order valence-electron chi connectivity index (χ1n) is 8.30. The normalized spacial score (nSPS) is 11.7. The summed E-state index contributed by atoms with van der Waals surface area (Å²) in [5, 5.41) is 8.49. The van der Waals surface area contributed by atoms with Crippen LogP contribution in [0.3, 0.4) is 0 Å². The minimum atomic E-state index is -0.682. The molecule has 0 fully saturated rings. The van der Waals surface area contributed by atoms with Gasteiger partial charge in [-0.05, 0) is 32.1 Å². The van der Waals surface area contributed by atoms with Gasteiger partial charge in [-0.3, -0.25) is 4.79 Å². The molecule has 0 aromatic rings. The van der Waals surface area contributed by atoms with E-state index in [1.165, 1.54) is 44.9 Å². The molecule has 2 nitrogen and oxygen atoms in total. The summed E-state index contributed by atoms with van der Waals surface area (Å²) in [6, 6.07) is 0. The van der Waals surface area contributed by atoms with E-state index in [0.717, 1.165) is 25.7 Å². The van der Waals surface area contributed by atoms with Crippen LogP contribution in [0.1, 0.15) is 84.0 Å². The summed E-state index contributed by atoms with van der Waals surface area (Å²) in [5.41, 5.74) is 0. The van der Waals surface area contributed by atoms with Crippen LogP contribution in [0, 0.1) is 0 Å². The molecule has 0 aromatic carbocycles. The third-order valence-electron chi connectivity index (χ3n) is 3.37. The average Bonchev–Trinajstić information content (AvgIpc) is 2.43. The molecule has 0 spiro atoms. The Balaban J connectivity index is 3.21. The van der Waals surface area contributed by atoms with Crippen molar-refractivity contribution in [1.82, 2.24) is 0 Å². The van der Waals surface area contributed by atoms with Crippen molar-refractivity contribution in [3.63, 3.8) is 0 Å². The Bertz CT molecular complexity index is 267. The average molecular weight is 280 g/mol. The number of rotatable bonds is 14. The van der Waals surface area contributed by atoms with Gasteiger partial charge in [0.15, 0.2) is 0 Å². The Kier molecular flexibility index (Phi) is 15.2. The van der Waals surface area contributed by atoms with E-state index in [2.05, 4.69) is 31.2 Å². The third-order valence-corrected chi connectivity index (χ3v) is 3.37. The molecule has 0 amide bonds. The van der Waals surface area contributed by atoms with Crippen LogP contribution in [0.2, 0.25) is 0 Å². The van der Waals surface area contributed by atoms with Crippen molar-refractivity contribution in [3.8, 4) is 0 Å². The highest BCUT2D eigenvalue weighted by Gasteiger charge is 1.94. The van der Waals surface area contributed by atoms with E-state index in [1.54, 1.807) is 0 Å². The summed E-state index contributed by atoms with van der Waals surface area (Å²) in [6.07, 6.45) is 22.3. The SMILES string of the molecule is CCCCCCCC/C=C\C=C\CCCCCC(=O)O. The molecule has 0 saturated carbocycles. The molecule has 0 saturated heterocycles. The maximum atomic E-state index is 10.3. The van der Waals surface area contributed by atoms with Crippen molar-refractivity contribution in [2.24, 2.45) is 0 Å². The lowest BCUT2D eigenvalue weighted by Crippen LogP contribution is -1.93. The van der Waals surface area contributed by atoms with Crippen molar-refractivity contribution in [3.05, 3.63) is 24.3 Å². The second kappa shape index (κ2) is 16.0. The quantitative estimate of drug-likeness (QED) is 0.318. The smallest absolute Gasteiger partial charge is 0.303 e. The molecule has 0 heterocycles. The molecule has 0 aliphatic rings. The minimum absolute atomic E-state index is 0.307. The lowest BCUT2D eigenvalue weighted by Gasteiger charge is -1.97. The highest BCUT2D eigenvalue weighted by Crippen LogP contribution is 2.07. The monoisotopic (exact) mass is 280 g/mol. The van der Waals surface area contributed by atoms with Crippen LogP contribution in [0.25, 0.3) is 0 Å². The Hall–Kier alpha value is -1.05. The van der Waals surface area contributed by atoms with E-state index < -0.39 is 5.97 Å². The standard InChI is InChI=1S/C18H32O2/c1-2-3-4-5-6-7-8-9-10-11-12-13-14-15-16-17-18(19)20/h9-12H,2-8,13-17H2,1H3,(H,19,20)/b10-9-,12-11+. The van der Waals surface area contributed by atoms with E-state index >= 15 is 0 Å². The third kappa shape index (κ3) is 16.9. The molecular weight excluding hydrogens is 248 g/mol. The maximum absolute atomic E-state index is 10.3. The number of aliphatic carboxylic acids is 1. The van der Waals surface area contributed by atoms with Crippen molar-refractivity contribution in [1.29, 1.82) is 0 Å². The van der Waals surface area contributed by atoms with E-state index in [9.17, 15) is 4.79 Å². The molecule has 0 bridgehead atoms. The summed E-state index contributed by atoms with van der Waals surface area (Å²) in [5.74, 6) is -0.682. The fourth-order valence-corrected chi connectivity index (χ4v) is 2.11. The van der Waals surface area contributed by atoms with Crippen LogP contribution in [-0.4, -0.2) is 11.1 Å². The minimum Gasteiger partial charge on any atom is -0.481 e. The predicted octanol–water partition coefficient (Wildman–Crippen LogP) is 5.88. The number of unbranched alkanes of at least 4 members (excludes halogenated alkanes) is 9. The van der Waals surface area contributed by atoms with Crippen molar-refractivity contribution in [2.75, 3.05) is 0 Å². The van der Waals surface area contributed by atoms with Crippen LogP contribution in [0.15, 0.2) is 24.3 Å². The number of allylic oxidation sites excluding steroid dienone is 4. The van der Waals surface area contributed by atoms with Gasteiger partial charge in [-0.15, -0.1) is 0 Å². The maximum Gasteiger partial charge on any atom is 0.303 e. The fourth-order valence-electron chi connectivity index (χ4n) is 2.11. The molecule has 0 aliphatic carbocycles. The summed E-state index contributed by atoms with van der Waals surface area (Å²) in [6.45, 7) is 2.25. The molecule has 2 heteroatoms. The summed E-state index contributed by atoms with van der Waals surface area (Å²) in [7, 11) is 0. The van der Waals surface area contributed by atoms with E-state index in [1.807, 2.05) is 0 Å². The number of hydrogen-bond acceptors (Lipinski definition) is 1. The molecule has 0 aromatic heterocycles. The summed E-state index contributed by atoms with van der Waals surface area (Å²) < 4.78 is 0. The van der Waals surface area contributed by atoms with Crippen LogP contribution < -0.4 is 0 Å². The van der Waals surface area contributed by atoms with Gasteiger partial charge in [0.1, 0.15) is 0 Å². The van der Waals surface area contributed by atoms with Gasteiger partial charge in [0.05, 0.1) is 0 Å². The summed E-state index contributed by atoms with van der Waals surface area (Å²) in [4.78, 5) is 10.3. The number of carbonyl (C=O) groups is 1. The fraction of sp³-hybridized carbons (Fsp3) is 0.722. The van der Waals surface area contributed by atoms with Gasteiger partial charge in [-0.25, -0.2) is 0 Å². The zero-order chi connectivity index (χ0) is 14.9. The van der Waals surface area contributed by atoms with Crippen LogP contribution in [0.5, 0.6) is 0 Å². The van der Waals surface area contributed by atoms with Gasteiger partial charge in [0.2, 0.25) is 0 Å². The van der Waals surface area contributed by atoms with Crippen LogP contribution >= 0.6 is 0 Å². The topological polar surface area (TPSA) is 37.3 Å². The molecule has 1 N–H and O–H groups in total. The molecule has 116 valence electrons. The highest BCUT2D eigenvalue weighted by molar-refractivity contribution is 5.66. The molecule has 0 rings (SSSR count). The van der Waals surface area contributed by atoms with Crippen LogP contribution in [0.4, 0.5) is 0 Å². The van der Waals surface area contributed by atoms with Crippen molar-refractivity contribution >= 4 is 5.97 Å². The Labute approximate surface area is 125 Å². The zero-order valence-corrected chi connectivity index (χ0v) is 13.2. The van der Waals surface area contributed by atoms with Gasteiger partial charge in [-0.1, -0.05) is 69.8 Å². The Morgan fingerprint density at radius 3 is 1.85 bits per heavy atom. The lowest BCUT2D eigenvalue weighted by molar-refractivity contribution is -0.137. The first-order chi connectivity index (χ1) is 9.77. The Morgan fingerprint density at radius 2 is 1.30 bits per heavy atom. The van der Waals surface area contributed by atoms with E-state index in [0.29, 0.717) is 6.42 Å². The molecule has 20 heavy (non-hydrogen) atoms. The number of carboxylic acids is 1. The lowest BCUT2D eigenvalue weighted by atomic mass is 10.1. The van der Waals surface area contributed by atoms with E-state index in [4.69, 9.17) is 5.11 Å². The van der Waals surface area contributed by atoms with Gasteiger partial charge in [0.25, 0.3) is 0 Å². The van der Waals surface area contributed by atoms with Gasteiger partial charge >= 0.3 is 5.97 Å². The molecule has 0 unspecified atom stereocenters. The molecule has 0 atom stereocenters. The van der Waals surface area contributed by atoms with Crippen LogP contribution in [-0.2, 0) is 4.79 Å². The Morgan fingerprint density at radius 1 is 0.800 bits per heavy atom. The number of hydrogen-bond donors (Lipinski definition) is 1.